The zero-order chi connectivity index (χ0) is 11.1. The Balaban J connectivity index is 2.26. The predicted octanol–water partition coefficient (Wildman–Crippen LogP) is 1.74. The molecule has 5 heteroatoms. The van der Waals surface area contributed by atoms with Crippen molar-refractivity contribution in [3.8, 4) is 0 Å². The molecule has 15 heavy (non-hydrogen) atoms. The highest BCUT2D eigenvalue weighted by Gasteiger charge is 2.44. The van der Waals surface area contributed by atoms with Crippen molar-refractivity contribution >= 4 is 5.69 Å². The van der Waals surface area contributed by atoms with Crippen LogP contribution in [0.1, 0.15) is 5.56 Å². The van der Waals surface area contributed by atoms with E-state index in [4.69, 9.17) is 5.73 Å². The molecule has 0 bridgehead atoms. The van der Waals surface area contributed by atoms with Gasteiger partial charge in [0.2, 0.25) is 0 Å². The fraction of sp³-hybridized carbons (Fsp3) is 0.400. The van der Waals surface area contributed by atoms with Gasteiger partial charge < -0.3 is 10.6 Å². The molecule has 1 aromatic carbocycles. The summed E-state index contributed by atoms with van der Waals surface area (Å²) in [6, 6.07) is 4.39. The van der Waals surface area contributed by atoms with E-state index in [9.17, 15) is 13.2 Å². The number of nitrogens with two attached hydrogens (primary N) is 1. The first-order chi connectivity index (χ1) is 7.03. The van der Waals surface area contributed by atoms with Crippen molar-refractivity contribution in [2.24, 2.45) is 5.73 Å². The lowest BCUT2D eigenvalue weighted by molar-refractivity contribution is -0.0263. The second kappa shape index (κ2) is 3.41. The third-order valence-electron chi connectivity index (χ3n) is 2.48. The van der Waals surface area contributed by atoms with Crippen molar-refractivity contribution in [3.05, 3.63) is 29.6 Å². The molecular formula is C10H11F3N2. The number of hydrogen-bond donors (Lipinski definition) is 1. The minimum absolute atomic E-state index is 0.0179. The van der Waals surface area contributed by atoms with Gasteiger partial charge in [-0.25, -0.2) is 13.2 Å². The smallest absolute Gasteiger partial charge is 0.282 e. The van der Waals surface area contributed by atoms with Crippen LogP contribution in [0.15, 0.2) is 18.2 Å². The third-order valence-corrected chi connectivity index (χ3v) is 2.48. The Morgan fingerprint density at radius 3 is 2.53 bits per heavy atom. The summed E-state index contributed by atoms with van der Waals surface area (Å²) >= 11 is 0. The first-order valence-electron chi connectivity index (χ1n) is 4.64. The molecule has 1 aliphatic heterocycles. The van der Waals surface area contributed by atoms with Gasteiger partial charge in [0.05, 0.1) is 13.1 Å². The van der Waals surface area contributed by atoms with Crippen LogP contribution in [-0.2, 0) is 6.54 Å². The Morgan fingerprint density at radius 1 is 1.33 bits per heavy atom. The van der Waals surface area contributed by atoms with E-state index < -0.39 is 11.7 Å². The summed E-state index contributed by atoms with van der Waals surface area (Å²) in [5.74, 6) is -3.09. The lowest BCUT2D eigenvalue weighted by atomic mass is 10.1. The Hall–Kier alpha value is -1.23. The van der Waals surface area contributed by atoms with E-state index in [-0.39, 0.29) is 19.6 Å². The number of benzene rings is 1. The van der Waals surface area contributed by atoms with Crippen molar-refractivity contribution < 1.29 is 13.2 Å². The van der Waals surface area contributed by atoms with Crippen LogP contribution in [0.4, 0.5) is 18.9 Å². The van der Waals surface area contributed by atoms with Gasteiger partial charge in [0.15, 0.2) is 0 Å². The van der Waals surface area contributed by atoms with Crippen LogP contribution in [0.25, 0.3) is 0 Å². The zero-order valence-corrected chi connectivity index (χ0v) is 8.01. The standard InChI is InChI=1S/C10H11F3N2/c11-8-2-1-3-9(7(8)4-14)15-5-10(12,13)6-15/h1-3H,4-6,14H2. The molecule has 1 fully saturated rings. The van der Waals surface area contributed by atoms with Gasteiger partial charge in [-0.15, -0.1) is 0 Å². The summed E-state index contributed by atoms with van der Waals surface area (Å²) in [7, 11) is 0. The van der Waals surface area contributed by atoms with E-state index in [1.807, 2.05) is 0 Å². The molecule has 2 rings (SSSR count). The van der Waals surface area contributed by atoms with Gasteiger partial charge in [0.25, 0.3) is 5.92 Å². The first-order valence-corrected chi connectivity index (χ1v) is 4.64. The molecule has 2 N–H and O–H groups in total. The zero-order valence-electron chi connectivity index (χ0n) is 8.01. The molecule has 0 saturated carbocycles. The first kappa shape index (κ1) is 10.3. The molecular weight excluding hydrogens is 205 g/mol. The highest BCUT2D eigenvalue weighted by Crippen LogP contribution is 2.34. The predicted molar refractivity (Wildman–Crippen MR) is 51.5 cm³/mol. The van der Waals surface area contributed by atoms with Crippen molar-refractivity contribution in [3.63, 3.8) is 0 Å². The fourth-order valence-electron chi connectivity index (χ4n) is 1.73. The van der Waals surface area contributed by atoms with Gasteiger partial charge in [-0.1, -0.05) is 6.07 Å². The van der Waals surface area contributed by atoms with E-state index in [1.165, 1.54) is 17.0 Å². The molecule has 1 aromatic rings. The Bertz CT molecular complexity index is 371. The quantitative estimate of drug-likeness (QED) is 0.815. The highest BCUT2D eigenvalue weighted by atomic mass is 19.3. The van der Waals surface area contributed by atoms with Crippen molar-refractivity contribution in [2.75, 3.05) is 18.0 Å². The Labute approximate surface area is 85.5 Å². The van der Waals surface area contributed by atoms with Crippen molar-refractivity contribution in [1.82, 2.24) is 0 Å². The number of nitrogens with zero attached hydrogens (tertiary/aromatic N) is 1. The van der Waals surface area contributed by atoms with E-state index >= 15 is 0 Å². The summed E-state index contributed by atoms with van der Waals surface area (Å²) < 4.78 is 38.6. The van der Waals surface area contributed by atoms with Crippen LogP contribution < -0.4 is 10.6 Å². The fourth-order valence-corrected chi connectivity index (χ4v) is 1.73. The topological polar surface area (TPSA) is 29.3 Å². The van der Waals surface area contributed by atoms with Crippen LogP contribution in [0.3, 0.4) is 0 Å². The SMILES string of the molecule is NCc1c(F)cccc1N1CC(F)(F)C1. The largest absolute Gasteiger partial charge is 0.359 e. The average molecular weight is 216 g/mol. The molecule has 0 unspecified atom stereocenters. The normalized spacial score (nSPS) is 18.8. The van der Waals surface area contributed by atoms with Crippen LogP contribution in [0.5, 0.6) is 0 Å². The molecule has 0 radical (unpaired) electrons. The highest BCUT2D eigenvalue weighted by molar-refractivity contribution is 5.56. The number of halogens is 3. The molecule has 82 valence electrons. The van der Waals surface area contributed by atoms with E-state index in [0.29, 0.717) is 11.3 Å². The Morgan fingerprint density at radius 2 is 2.00 bits per heavy atom. The van der Waals surface area contributed by atoms with Gasteiger partial charge in [0, 0.05) is 17.8 Å². The lowest BCUT2D eigenvalue weighted by Gasteiger charge is -2.41. The number of anilines is 1. The third kappa shape index (κ3) is 1.79. The van der Waals surface area contributed by atoms with Crippen LogP contribution in [0.2, 0.25) is 0 Å². The number of alkyl halides is 2. The number of rotatable bonds is 2. The minimum atomic E-state index is -2.65. The van der Waals surface area contributed by atoms with Crippen LogP contribution in [0, 0.1) is 5.82 Å². The van der Waals surface area contributed by atoms with E-state index in [1.54, 1.807) is 6.07 Å². The second-order valence-corrected chi connectivity index (χ2v) is 3.65. The van der Waals surface area contributed by atoms with Crippen molar-refractivity contribution in [1.29, 1.82) is 0 Å². The maximum atomic E-state index is 13.3. The lowest BCUT2D eigenvalue weighted by Crippen LogP contribution is -2.56. The average Bonchev–Trinajstić information content (AvgIpc) is 2.13. The number of hydrogen-bond acceptors (Lipinski definition) is 2. The molecule has 0 aromatic heterocycles. The van der Waals surface area contributed by atoms with Gasteiger partial charge >= 0.3 is 0 Å². The van der Waals surface area contributed by atoms with Gasteiger partial charge in [0.1, 0.15) is 5.82 Å². The Kier molecular flexibility index (Phi) is 2.34. The van der Waals surface area contributed by atoms with Crippen molar-refractivity contribution in [2.45, 2.75) is 12.5 Å². The molecule has 1 saturated heterocycles. The molecule has 2 nitrogen and oxygen atoms in total. The maximum Gasteiger partial charge on any atom is 0.282 e. The molecule has 0 atom stereocenters. The molecule has 0 amide bonds. The summed E-state index contributed by atoms with van der Waals surface area (Å²) in [5.41, 5.74) is 6.16. The molecule has 0 aliphatic carbocycles. The minimum Gasteiger partial charge on any atom is -0.359 e. The molecule has 1 aliphatic rings. The van der Waals surface area contributed by atoms with Crippen LogP contribution >= 0.6 is 0 Å². The monoisotopic (exact) mass is 216 g/mol. The van der Waals surface area contributed by atoms with E-state index in [0.717, 1.165) is 0 Å². The van der Waals surface area contributed by atoms with Gasteiger partial charge in [-0.05, 0) is 12.1 Å². The van der Waals surface area contributed by atoms with Gasteiger partial charge in [-0.2, -0.15) is 0 Å². The maximum absolute atomic E-state index is 13.3. The summed E-state index contributed by atoms with van der Waals surface area (Å²) in [6.07, 6.45) is 0. The summed E-state index contributed by atoms with van der Waals surface area (Å²) in [4.78, 5) is 1.44. The van der Waals surface area contributed by atoms with Crippen LogP contribution in [-0.4, -0.2) is 19.0 Å². The summed E-state index contributed by atoms with van der Waals surface area (Å²) in [6.45, 7) is -0.697. The summed E-state index contributed by atoms with van der Waals surface area (Å²) in [5, 5.41) is 0. The molecule has 0 spiro atoms. The van der Waals surface area contributed by atoms with E-state index in [2.05, 4.69) is 0 Å². The second-order valence-electron chi connectivity index (χ2n) is 3.65. The van der Waals surface area contributed by atoms with Gasteiger partial charge in [-0.3, -0.25) is 0 Å². The molecule has 1 heterocycles.